The number of nitrogens with one attached hydrogen (secondary N) is 1. The minimum Gasteiger partial charge on any atom is -0.496 e. The molecule has 28 heavy (non-hydrogen) atoms. The zero-order valence-corrected chi connectivity index (χ0v) is 18.3. The van der Waals surface area contributed by atoms with Crippen molar-refractivity contribution in [2.24, 2.45) is 5.10 Å². The average molecular weight is 442 g/mol. The fourth-order valence-electron chi connectivity index (χ4n) is 3.33. The Bertz CT molecular complexity index is 980. The molecule has 2 aromatic rings. The molecule has 2 aromatic carbocycles. The summed E-state index contributed by atoms with van der Waals surface area (Å²) in [7, 11) is 3.71. The number of anilines is 1. The molecule has 0 fully saturated rings. The molecule has 1 aliphatic heterocycles. The van der Waals surface area contributed by atoms with Gasteiger partial charge in [0.15, 0.2) is 0 Å². The predicted molar refractivity (Wildman–Crippen MR) is 118 cm³/mol. The smallest absolute Gasteiger partial charge is 0.271 e. The number of carbonyl (C=O) groups is 1. The van der Waals surface area contributed by atoms with E-state index in [1.165, 1.54) is 5.57 Å². The summed E-state index contributed by atoms with van der Waals surface area (Å²) in [5.74, 6) is 0.434. The minimum absolute atomic E-state index is 0.0738. The van der Waals surface area contributed by atoms with Gasteiger partial charge in [-0.2, -0.15) is 5.10 Å². The second-order valence-electron chi connectivity index (χ2n) is 7.36. The molecule has 146 valence electrons. The zero-order valence-electron chi connectivity index (χ0n) is 16.7. The molecular weight excluding hydrogens is 418 g/mol. The average Bonchev–Trinajstić information content (AvgIpc) is 2.65. The molecule has 0 bridgehead atoms. The molecule has 0 atom stereocenters. The Balaban J connectivity index is 1.88. The first-order valence-corrected chi connectivity index (χ1v) is 9.77. The SMILES string of the molecule is COc1cc2c(cc1/C=N\NC(=O)c1cccc(Br)c1)C(C)=CC(C)(C)N2C. The van der Waals surface area contributed by atoms with Gasteiger partial charge in [0.25, 0.3) is 5.91 Å². The summed E-state index contributed by atoms with van der Waals surface area (Å²) < 4.78 is 6.41. The van der Waals surface area contributed by atoms with E-state index in [-0.39, 0.29) is 11.4 Å². The van der Waals surface area contributed by atoms with Crippen LogP contribution in [0.15, 0.2) is 52.0 Å². The van der Waals surface area contributed by atoms with Crippen molar-refractivity contribution in [3.05, 3.63) is 63.6 Å². The number of ether oxygens (including phenoxy) is 1. The van der Waals surface area contributed by atoms with Crippen LogP contribution in [-0.4, -0.2) is 31.8 Å². The molecule has 1 N–H and O–H groups in total. The Hall–Kier alpha value is -2.60. The van der Waals surface area contributed by atoms with Crippen molar-refractivity contribution in [2.45, 2.75) is 26.3 Å². The number of likely N-dealkylation sites (N-methyl/N-ethyl adjacent to an activating group) is 1. The molecule has 1 aliphatic rings. The van der Waals surface area contributed by atoms with Gasteiger partial charge in [-0.25, -0.2) is 5.43 Å². The Labute approximate surface area is 174 Å². The van der Waals surface area contributed by atoms with E-state index in [1.807, 2.05) is 24.3 Å². The van der Waals surface area contributed by atoms with Crippen molar-refractivity contribution in [1.29, 1.82) is 0 Å². The quantitative estimate of drug-likeness (QED) is 0.544. The van der Waals surface area contributed by atoms with Crippen LogP contribution in [0.4, 0.5) is 5.69 Å². The van der Waals surface area contributed by atoms with E-state index < -0.39 is 0 Å². The fourth-order valence-corrected chi connectivity index (χ4v) is 3.73. The number of methoxy groups -OCH3 is 1. The van der Waals surface area contributed by atoms with Gasteiger partial charge in [0.1, 0.15) is 5.75 Å². The molecule has 1 amide bonds. The molecule has 1 heterocycles. The second-order valence-corrected chi connectivity index (χ2v) is 8.28. The fraction of sp³-hybridized carbons (Fsp3) is 0.273. The third kappa shape index (κ3) is 3.97. The largest absolute Gasteiger partial charge is 0.496 e. The van der Waals surface area contributed by atoms with E-state index in [1.54, 1.807) is 25.5 Å². The zero-order chi connectivity index (χ0) is 20.5. The standard InChI is InChI=1S/C22H24BrN3O2/c1-14-12-22(2,3)26(4)19-11-20(28-5)16(10-18(14)19)13-24-25-21(27)15-7-6-8-17(23)9-15/h6-13H,1-5H3,(H,25,27)/b24-13-. The number of carbonyl (C=O) groups excluding carboxylic acids is 1. The molecule has 0 spiro atoms. The maximum Gasteiger partial charge on any atom is 0.271 e. The minimum atomic E-state index is -0.271. The lowest BCUT2D eigenvalue weighted by Crippen LogP contribution is -2.42. The Morgan fingerprint density at radius 3 is 2.71 bits per heavy atom. The van der Waals surface area contributed by atoms with Crippen LogP contribution >= 0.6 is 15.9 Å². The van der Waals surface area contributed by atoms with Gasteiger partial charge in [0.05, 0.1) is 18.9 Å². The van der Waals surface area contributed by atoms with Crippen LogP contribution in [0.3, 0.4) is 0 Å². The van der Waals surface area contributed by atoms with Gasteiger partial charge in [-0.1, -0.05) is 28.1 Å². The van der Waals surface area contributed by atoms with Gasteiger partial charge >= 0.3 is 0 Å². The first-order chi connectivity index (χ1) is 13.2. The summed E-state index contributed by atoms with van der Waals surface area (Å²) in [5, 5.41) is 4.12. The van der Waals surface area contributed by atoms with Crippen LogP contribution in [0.5, 0.6) is 5.75 Å². The summed E-state index contributed by atoms with van der Waals surface area (Å²) in [4.78, 5) is 14.5. The first kappa shape index (κ1) is 20.1. The lowest BCUT2D eigenvalue weighted by atomic mass is 9.88. The van der Waals surface area contributed by atoms with E-state index >= 15 is 0 Å². The number of rotatable bonds is 4. The van der Waals surface area contributed by atoms with Gasteiger partial charge in [0.2, 0.25) is 0 Å². The number of amides is 1. The van der Waals surface area contributed by atoms with Crippen LogP contribution in [0, 0.1) is 0 Å². The molecule has 0 saturated carbocycles. The van der Waals surface area contributed by atoms with E-state index in [9.17, 15) is 4.79 Å². The molecule has 0 saturated heterocycles. The Morgan fingerprint density at radius 2 is 2.04 bits per heavy atom. The number of hydrogen-bond acceptors (Lipinski definition) is 4. The molecular formula is C22H24BrN3O2. The third-order valence-electron chi connectivity index (χ3n) is 5.02. The molecule has 0 unspecified atom stereocenters. The summed E-state index contributed by atoms with van der Waals surface area (Å²) in [6.45, 7) is 6.47. The van der Waals surface area contributed by atoms with Crippen LogP contribution < -0.4 is 15.1 Å². The van der Waals surface area contributed by atoms with Gasteiger partial charge < -0.3 is 9.64 Å². The van der Waals surface area contributed by atoms with E-state index in [4.69, 9.17) is 4.74 Å². The van der Waals surface area contributed by atoms with Crippen LogP contribution in [0.2, 0.25) is 0 Å². The highest BCUT2D eigenvalue weighted by Crippen LogP contribution is 2.40. The highest BCUT2D eigenvalue weighted by atomic mass is 79.9. The molecule has 3 rings (SSSR count). The molecule has 0 aromatic heterocycles. The van der Waals surface area contributed by atoms with Crippen molar-refractivity contribution < 1.29 is 9.53 Å². The monoisotopic (exact) mass is 441 g/mol. The predicted octanol–water partition coefficient (Wildman–Crippen LogP) is 4.85. The Kier molecular flexibility index (Phi) is 5.61. The van der Waals surface area contributed by atoms with Crippen molar-refractivity contribution >= 4 is 39.3 Å². The maximum atomic E-state index is 12.2. The molecule has 6 heteroatoms. The summed E-state index contributed by atoms with van der Waals surface area (Å²) in [6.07, 6.45) is 3.86. The molecule has 0 radical (unpaired) electrons. The van der Waals surface area contributed by atoms with E-state index in [0.29, 0.717) is 11.3 Å². The van der Waals surface area contributed by atoms with Crippen LogP contribution in [0.1, 0.15) is 42.3 Å². The van der Waals surface area contributed by atoms with Crippen LogP contribution in [0.25, 0.3) is 5.57 Å². The molecule has 0 aliphatic carbocycles. The highest BCUT2D eigenvalue weighted by Gasteiger charge is 2.29. The first-order valence-electron chi connectivity index (χ1n) is 8.97. The number of hydrogen-bond donors (Lipinski definition) is 1. The van der Waals surface area contributed by atoms with Crippen molar-refractivity contribution in [2.75, 3.05) is 19.1 Å². The summed E-state index contributed by atoms with van der Waals surface area (Å²) in [6, 6.07) is 11.2. The normalized spacial score (nSPS) is 15.2. The van der Waals surface area contributed by atoms with Crippen LogP contribution in [-0.2, 0) is 0 Å². The number of benzene rings is 2. The number of allylic oxidation sites excluding steroid dienone is 1. The van der Waals surface area contributed by atoms with Crippen molar-refractivity contribution in [3.63, 3.8) is 0 Å². The lowest BCUT2D eigenvalue weighted by Gasteiger charge is -2.40. The topological polar surface area (TPSA) is 53.9 Å². The van der Waals surface area contributed by atoms with Gasteiger partial charge in [0, 0.05) is 40.0 Å². The second kappa shape index (κ2) is 7.80. The number of nitrogens with zero attached hydrogens (tertiary/aromatic N) is 2. The van der Waals surface area contributed by atoms with Gasteiger partial charge in [-0.3, -0.25) is 4.79 Å². The number of fused-ring (bicyclic) bond motifs is 1. The highest BCUT2D eigenvalue weighted by molar-refractivity contribution is 9.10. The van der Waals surface area contributed by atoms with E-state index in [0.717, 1.165) is 21.3 Å². The third-order valence-corrected chi connectivity index (χ3v) is 5.52. The molecule has 5 nitrogen and oxygen atoms in total. The maximum absolute atomic E-state index is 12.2. The van der Waals surface area contributed by atoms with Crippen molar-refractivity contribution in [3.8, 4) is 5.75 Å². The lowest BCUT2D eigenvalue weighted by molar-refractivity contribution is 0.0955. The van der Waals surface area contributed by atoms with Gasteiger partial charge in [-0.05, 0) is 50.6 Å². The van der Waals surface area contributed by atoms with E-state index in [2.05, 4.69) is 65.3 Å². The number of halogens is 1. The summed E-state index contributed by atoms with van der Waals surface area (Å²) >= 11 is 3.36. The van der Waals surface area contributed by atoms with Crippen molar-refractivity contribution in [1.82, 2.24) is 5.43 Å². The Morgan fingerprint density at radius 1 is 1.29 bits per heavy atom. The summed E-state index contributed by atoms with van der Waals surface area (Å²) in [5.41, 5.74) is 7.27. The number of hydrazone groups is 1. The van der Waals surface area contributed by atoms with Gasteiger partial charge in [-0.15, -0.1) is 0 Å².